The first kappa shape index (κ1) is 9.86. The first-order valence-electron chi connectivity index (χ1n) is 4.22. The Kier molecular flexibility index (Phi) is 3.88. The lowest BCUT2D eigenvalue weighted by Gasteiger charge is -2.36. The summed E-state index contributed by atoms with van der Waals surface area (Å²) in [5.41, 5.74) is 0. The Labute approximate surface area is 78.0 Å². The van der Waals surface area contributed by atoms with E-state index < -0.39 is 0 Å². The van der Waals surface area contributed by atoms with Crippen molar-refractivity contribution in [1.29, 1.82) is 0 Å². The van der Waals surface area contributed by atoms with Gasteiger partial charge >= 0.3 is 0 Å². The van der Waals surface area contributed by atoms with Crippen molar-refractivity contribution >= 4 is 17.9 Å². The minimum absolute atomic E-state index is 0.164. The number of carbonyl (C=O) groups is 1. The van der Waals surface area contributed by atoms with Crippen molar-refractivity contribution in [1.82, 2.24) is 9.62 Å². The number of rotatable bonds is 4. The Bertz CT molecular complexity index is 157. The molecule has 0 spiro atoms. The van der Waals surface area contributed by atoms with Gasteiger partial charge in [0.1, 0.15) is 0 Å². The van der Waals surface area contributed by atoms with E-state index in [1.165, 1.54) is 11.9 Å². The molecule has 0 aromatic rings. The summed E-state index contributed by atoms with van der Waals surface area (Å²) in [7, 11) is 2.11. The van der Waals surface area contributed by atoms with Crippen LogP contribution in [-0.4, -0.2) is 37.2 Å². The molecule has 70 valence electrons. The summed E-state index contributed by atoms with van der Waals surface area (Å²) in [6.45, 7) is 2.32. The molecule has 1 amide bonds. The van der Waals surface area contributed by atoms with Crippen LogP contribution in [0.4, 0.5) is 0 Å². The van der Waals surface area contributed by atoms with Crippen molar-refractivity contribution in [3.63, 3.8) is 0 Å². The monoisotopic (exact) mass is 188 g/mol. The van der Waals surface area contributed by atoms with Gasteiger partial charge < -0.3 is 9.62 Å². The Balaban J connectivity index is 1.98. The molecule has 0 aromatic carbocycles. The number of hydrogen-bond acceptors (Lipinski definition) is 3. The summed E-state index contributed by atoms with van der Waals surface area (Å²) in [6.07, 6.45) is 3.59. The largest absolute Gasteiger partial charge is 0.306 e. The molecular weight excluding hydrogens is 172 g/mol. The van der Waals surface area contributed by atoms with Crippen LogP contribution in [0.25, 0.3) is 0 Å². The number of nitrogens with zero attached hydrogens (tertiary/aromatic N) is 1. The molecule has 1 aliphatic rings. The van der Waals surface area contributed by atoms with Gasteiger partial charge in [0.2, 0.25) is 5.91 Å². The fraction of sp³-hybridized carbons (Fsp3) is 0.875. The van der Waals surface area contributed by atoms with Crippen LogP contribution >= 0.6 is 11.9 Å². The zero-order chi connectivity index (χ0) is 8.97. The SMILES string of the molecule is CSNC(=O)CCC1CN(C)C1. The number of hydrogen-bond donors (Lipinski definition) is 1. The van der Waals surface area contributed by atoms with E-state index in [1.807, 2.05) is 6.26 Å². The lowest BCUT2D eigenvalue weighted by molar-refractivity contribution is -0.119. The topological polar surface area (TPSA) is 32.3 Å². The molecule has 1 N–H and O–H groups in total. The molecule has 3 nitrogen and oxygen atoms in total. The number of amides is 1. The minimum atomic E-state index is 0.164. The summed E-state index contributed by atoms with van der Waals surface area (Å²) in [5.74, 6) is 0.916. The van der Waals surface area contributed by atoms with Gasteiger partial charge in [0.25, 0.3) is 0 Å². The number of carbonyl (C=O) groups excluding carboxylic acids is 1. The molecule has 0 saturated carbocycles. The van der Waals surface area contributed by atoms with Crippen LogP contribution < -0.4 is 4.72 Å². The Morgan fingerprint density at radius 3 is 2.83 bits per heavy atom. The van der Waals surface area contributed by atoms with E-state index in [2.05, 4.69) is 16.7 Å². The van der Waals surface area contributed by atoms with Crippen molar-refractivity contribution in [2.75, 3.05) is 26.4 Å². The molecule has 0 atom stereocenters. The van der Waals surface area contributed by atoms with Gasteiger partial charge in [0.15, 0.2) is 0 Å². The summed E-state index contributed by atoms with van der Waals surface area (Å²) in [5, 5.41) is 0. The van der Waals surface area contributed by atoms with E-state index in [4.69, 9.17) is 0 Å². The fourth-order valence-electron chi connectivity index (χ4n) is 1.51. The zero-order valence-electron chi connectivity index (χ0n) is 7.67. The van der Waals surface area contributed by atoms with Crippen LogP contribution in [0.15, 0.2) is 0 Å². The molecule has 1 heterocycles. The molecule has 4 heteroatoms. The normalized spacial score (nSPS) is 18.8. The standard InChI is InChI=1S/C8H16N2OS/c1-10-5-7(6-10)3-4-8(11)9-12-2/h7H,3-6H2,1-2H3,(H,9,11). The van der Waals surface area contributed by atoms with Crippen molar-refractivity contribution in [2.45, 2.75) is 12.8 Å². The molecule has 0 bridgehead atoms. The summed E-state index contributed by atoms with van der Waals surface area (Å²) < 4.78 is 2.72. The van der Waals surface area contributed by atoms with Crippen LogP contribution in [0, 0.1) is 5.92 Å². The average molecular weight is 188 g/mol. The average Bonchev–Trinajstić information content (AvgIpc) is 1.96. The first-order chi connectivity index (χ1) is 5.72. The third-order valence-electron chi connectivity index (χ3n) is 2.14. The van der Waals surface area contributed by atoms with Gasteiger partial charge in [-0.1, -0.05) is 11.9 Å². The quantitative estimate of drug-likeness (QED) is 0.660. The van der Waals surface area contributed by atoms with E-state index in [-0.39, 0.29) is 5.91 Å². The van der Waals surface area contributed by atoms with Gasteiger partial charge in [-0.3, -0.25) is 4.79 Å². The highest BCUT2D eigenvalue weighted by molar-refractivity contribution is 7.97. The molecule has 1 fully saturated rings. The molecular formula is C8H16N2OS. The second-order valence-corrected chi connectivity index (χ2v) is 3.97. The maximum Gasteiger partial charge on any atom is 0.229 e. The van der Waals surface area contributed by atoms with Crippen LogP contribution in [-0.2, 0) is 4.79 Å². The minimum Gasteiger partial charge on any atom is -0.306 e. The van der Waals surface area contributed by atoms with Crippen LogP contribution in [0.1, 0.15) is 12.8 Å². The highest BCUT2D eigenvalue weighted by Crippen LogP contribution is 2.18. The van der Waals surface area contributed by atoms with E-state index in [0.29, 0.717) is 6.42 Å². The molecule has 0 aliphatic carbocycles. The second kappa shape index (κ2) is 4.72. The van der Waals surface area contributed by atoms with E-state index in [1.54, 1.807) is 0 Å². The molecule has 0 unspecified atom stereocenters. The Morgan fingerprint density at radius 1 is 1.67 bits per heavy atom. The van der Waals surface area contributed by atoms with Gasteiger partial charge in [0, 0.05) is 25.8 Å². The van der Waals surface area contributed by atoms with Gasteiger partial charge in [-0.25, -0.2) is 0 Å². The number of nitrogens with one attached hydrogen (secondary N) is 1. The fourth-order valence-corrected chi connectivity index (χ4v) is 1.84. The van der Waals surface area contributed by atoms with Gasteiger partial charge in [-0.15, -0.1) is 0 Å². The van der Waals surface area contributed by atoms with Gasteiger partial charge in [-0.2, -0.15) is 0 Å². The van der Waals surface area contributed by atoms with E-state index in [0.717, 1.165) is 25.4 Å². The number of likely N-dealkylation sites (tertiary alicyclic amines) is 1. The summed E-state index contributed by atoms with van der Waals surface area (Å²) in [6, 6.07) is 0. The molecule has 0 radical (unpaired) electrons. The van der Waals surface area contributed by atoms with Gasteiger partial charge in [-0.05, 0) is 19.4 Å². The smallest absolute Gasteiger partial charge is 0.229 e. The maximum atomic E-state index is 11.0. The van der Waals surface area contributed by atoms with Crippen LogP contribution in [0.3, 0.4) is 0 Å². The van der Waals surface area contributed by atoms with E-state index >= 15 is 0 Å². The second-order valence-electron chi connectivity index (χ2n) is 3.36. The molecule has 1 saturated heterocycles. The van der Waals surface area contributed by atoms with Crippen molar-refractivity contribution < 1.29 is 4.79 Å². The summed E-state index contributed by atoms with van der Waals surface area (Å²) >= 11 is 1.38. The Hall–Kier alpha value is -0.220. The summed E-state index contributed by atoms with van der Waals surface area (Å²) in [4.78, 5) is 13.3. The predicted octanol–water partition coefficient (Wildman–Crippen LogP) is 0.722. The Morgan fingerprint density at radius 2 is 2.33 bits per heavy atom. The van der Waals surface area contributed by atoms with Crippen molar-refractivity contribution in [3.8, 4) is 0 Å². The zero-order valence-corrected chi connectivity index (χ0v) is 8.49. The molecule has 1 rings (SSSR count). The van der Waals surface area contributed by atoms with Crippen LogP contribution in [0.2, 0.25) is 0 Å². The lowest BCUT2D eigenvalue weighted by atomic mass is 9.95. The predicted molar refractivity (Wildman–Crippen MR) is 51.9 cm³/mol. The van der Waals surface area contributed by atoms with E-state index in [9.17, 15) is 4.79 Å². The van der Waals surface area contributed by atoms with Crippen molar-refractivity contribution in [2.24, 2.45) is 5.92 Å². The third kappa shape index (κ3) is 3.03. The maximum absolute atomic E-state index is 11.0. The lowest BCUT2D eigenvalue weighted by Crippen LogP contribution is -2.43. The highest BCUT2D eigenvalue weighted by atomic mass is 32.2. The molecule has 0 aromatic heterocycles. The van der Waals surface area contributed by atoms with Crippen LogP contribution in [0.5, 0.6) is 0 Å². The third-order valence-corrected chi connectivity index (χ3v) is 2.57. The highest BCUT2D eigenvalue weighted by Gasteiger charge is 2.23. The first-order valence-corrected chi connectivity index (χ1v) is 5.45. The molecule has 12 heavy (non-hydrogen) atoms. The van der Waals surface area contributed by atoms with Gasteiger partial charge in [0.05, 0.1) is 0 Å². The van der Waals surface area contributed by atoms with Crippen molar-refractivity contribution in [3.05, 3.63) is 0 Å². The molecule has 1 aliphatic heterocycles.